The lowest BCUT2D eigenvalue weighted by molar-refractivity contribution is 0.373. The van der Waals surface area contributed by atoms with E-state index in [1.54, 1.807) is 17.7 Å². The van der Waals surface area contributed by atoms with E-state index in [0.29, 0.717) is 0 Å². The van der Waals surface area contributed by atoms with Crippen molar-refractivity contribution in [2.24, 2.45) is 5.41 Å². The molecule has 2 aromatic rings. The summed E-state index contributed by atoms with van der Waals surface area (Å²) in [7, 11) is 0. The molecule has 0 bridgehead atoms. The van der Waals surface area contributed by atoms with Gasteiger partial charge in [-0.2, -0.15) is 0 Å². The number of fused-ring (bicyclic) bond motifs is 1. The Hall–Kier alpha value is -0.870. The Kier molecular flexibility index (Phi) is 4.86. The molecule has 1 atom stereocenters. The summed E-state index contributed by atoms with van der Waals surface area (Å²) in [5.41, 5.74) is 0.243. The van der Waals surface area contributed by atoms with Crippen molar-refractivity contribution < 1.29 is 0 Å². The third-order valence-corrected chi connectivity index (χ3v) is 4.55. The van der Waals surface area contributed by atoms with Gasteiger partial charge in [0.15, 0.2) is 0 Å². The largest absolute Gasteiger partial charge is 0.368 e. The minimum atomic E-state index is 0.101. The highest BCUT2D eigenvalue weighted by Crippen LogP contribution is 2.29. The number of halogens is 1. The molecular formula is C15H22ClN3S. The molecule has 110 valence electrons. The molecule has 0 radical (unpaired) electrons. The van der Waals surface area contributed by atoms with Gasteiger partial charge in [0.05, 0.1) is 10.8 Å². The molecule has 0 spiro atoms. The normalized spacial score (nSPS) is 13.7. The highest BCUT2D eigenvalue weighted by molar-refractivity contribution is 7.18. The molecule has 0 aliphatic carbocycles. The van der Waals surface area contributed by atoms with Crippen LogP contribution < -0.4 is 5.32 Å². The molecule has 2 rings (SSSR count). The van der Waals surface area contributed by atoms with Crippen LogP contribution in [0.15, 0.2) is 12.4 Å². The smallest absolute Gasteiger partial charge is 0.138 e. The minimum absolute atomic E-state index is 0.101. The van der Waals surface area contributed by atoms with Gasteiger partial charge in [0.1, 0.15) is 17.0 Å². The van der Waals surface area contributed by atoms with E-state index in [9.17, 15) is 0 Å². The van der Waals surface area contributed by atoms with Gasteiger partial charge in [-0.1, -0.05) is 27.7 Å². The number of nitrogens with zero attached hydrogens (tertiary/aromatic N) is 2. The zero-order valence-corrected chi connectivity index (χ0v) is 14.1. The van der Waals surface area contributed by atoms with Crippen LogP contribution in [0.4, 0.5) is 5.82 Å². The Morgan fingerprint density at radius 2 is 2.10 bits per heavy atom. The summed E-state index contributed by atoms with van der Waals surface area (Å²) in [6.45, 7) is 9.50. The van der Waals surface area contributed by atoms with Crippen LogP contribution in [0.5, 0.6) is 0 Å². The van der Waals surface area contributed by atoms with E-state index in [1.807, 2.05) is 0 Å². The van der Waals surface area contributed by atoms with Gasteiger partial charge in [0.2, 0.25) is 0 Å². The average Bonchev–Trinajstić information content (AvgIpc) is 2.77. The average molecular weight is 312 g/mol. The second-order valence-corrected chi connectivity index (χ2v) is 7.98. The first-order valence-electron chi connectivity index (χ1n) is 7.00. The van der Waals surface area contributed by atoms with Crippen molar-refractivity contribution in [3.8, 4) is 0 Å². The molecule has 1 unspecified atom stereocenters. The molecule has 20 heavy (non-hydrogen) atoms. The molecule has 0 aliphatic heterocycles. The third-order valence-electron chi connectivity index (χ3n) is 3.05. The van der Waals surface area contributed by atoms with Gasteiger partial charge in [0, 0.05) is 11.4 Å². The van der Waals surface area contributed by atoms with Crippen LogP contribution in [-0.2, 0) is 6.42 Å². The first-order valence-corrected chi connectivity index (χ1v) is 8.25. The zero-order chi connectivity index (χ0) is 14.8. The fourth-order valence-electron chi connectivity index (χ4n) is 2.16. The number of hydrogen-bond acceptors (Lipinski definition) is 4. The first-order chi connectivity index (χ1) is 9.39. The van der Waals surface area contributed by atoms with Crippen LogP contribution in [0.2, 0.25) is 0 Å². The second kappa shape index (κ2) is 6.27. The molecule has 0 aliphatic rings. The summed E-state index contributed by atoms with van der Waals surface area (Å²) in [5, 5.41) is 4.58. The zero-order valence-electron chi connectivity index (χ0n) is 12.5. The lowest BCUT2D eigenvalue weighted by Crippen LogP contribution is -2.21. The monoisotopic (exact) mass is 311 g/mol. The number of rotatable bonds is 5. The second-order valence-electron chi connectivity index (χ2n) is 6.25. The van der Waals surface area contributed by atoms with E-state index in [4.69, 9.17) is 11.6 Å². The highest BCUT2D eigenvalue weighted by Gasteiger charge is 2.17. The summed E-state index contributed by atoms with van der Waals surface area (Å²) in [5.74, 6) is 0.894. The molecule has 0 aromatic carbocycles. The summed E-state index contributed by atoms with van der Waals surface area (Å²) in [4.78, 5) is 11.1. The van der Waals surface area contributed by atoms with E-state index < -0.39 is 0 Å². The Balaban J connectivity index is 2.08. The number of thiophene rings is 1. The third kappa shape index (κ3) is 4.06. The van der Waals surface area contributed by atoms with Crippen molar-refractivity contribution >= 4 is 39.0 Å². The van der Waals surface area contributed by atoms with Crippen LogP contribution in [0, 0.1) is 5.41 Å². The first kappa shape index (κ1) is 15.5. The summed E-state index contributed by atoms with van der Waals surface area (Å²) in [6.07, 6.45) is 3.62. The quantitative estimate of drug-likeness (QED) is 0.813. The van der Waals surface area contributed by atoms with Crippen LogP contribution in [0.25, 0.3) is 10.2 Å². The molecule has 0 saturated carbocycles. The highest BCUT2D eigenvalue weighted by atomic mass is 35.5. The fourth-order valence-corrected chi connectivity index (χ4v) is 3.64. The number of aromatic nitrogens is 2. The van der Waals surface area contributed by atoms with Crippen LogP contribution >= 0.6 is 22.9 Å². The molecule has 0 fully saturated rings. The van der Waals surface area contributed by atoms with Crippen LogP contribution in [0.1, 0.15) is 39.0 Å². The van der Waals surface area contributed by atoms with Crippen molar-refractivity contribution in [2.45, 2.75) is 45.9 Å². The maximum Gasteiger partial charge on any atom is 0.138 e. The van der Waals surface area contributed by atoms with Gasteiger partial charge in [-0.25, -0.2) is 9.97 Å². The van der Waals surface area contributed by atoms with Crippen molar-refractivity contribution in [3.05, 3.63) is 17.3 Å². The van der Waals surface area contributed by atoms with Gasteiger partial charge < -0.3 is 5.32 Å². The van der Waals surface area contributed by atoms with E-state index in [2.05, 4.69) is 49.0 Å². The molecule has 0 saturated heterocycles. The molecule has 0 amide bonds. The van der Waals surface area contributed by atoms with E-state index in [1.165, 1.54) is 4.88 Å². The van der Waals surface area contributed by atoms with Gasteiger partial charge in [-0.05, 0) is 24.3 Å². The standard InChI is InChI=1S/C15H22ClN3S/c1-5-11-6-12-13(18-9-19-14(12)20-11)17-8-10(16)7-15(2,3)4/h6,9-10H,5,7-8H2,1-4H3,(H,17,18,19). The number of hydrogen-bond donors (Lipinski definition) is 1. The lowest BCUT2D eigenvalue weighted by atomic mass is 9.90. The number of alkyl halides is 1. The molecule has 5 heteroatoms. The van der Waals surface area contributed by atoms with Gasteiger partial charge in [-0.3, -0.25) is 0 Å². The Bertz CT molecular complexity index is 574. The van der Waals surface area contributed by atoms with Crippen LogP contribution in [-0.4, -0.2) is 21.9 Å². The van der Waals surface area contributed by atoms with Crippen molar-refractivity contribution in [2.75, 3.05) is 11.9 Å². The molecule has 2 aromatic heterocycles. The summed E-state index contributed by atoms with van der Waals surface area (Å²) >= 11 is 8.13. The molecular weight excluding hydrogens is 290 g/mol. The van der Waals surface area contributed by atoms with Crippen molar-refractivity contribution in [3.63, 3.8) is 0 Å². The van der Waals surface area contributed by atoms with E-state index in [0.717, 1.165) is 35.4 Å². The Labute approximate surface area is 129 Å². The maximum atomic E-state index is 6.40. The Morgan fingerprint density at radius 1 is 1.35 bits per heavy atom. The Morgan fingerprint density at radius 3 is 2.75 bits per heavy atom. The summed E-state index contributed by atoms with van der Waals surface area (Å²) in [6, 6.07) is 2.18. The molecule has 1 N–H and O–H groups in total. The summed E-state index contributed by atoms with van der Waals surface area (Å²) < 4.78 is 0. The topological polar surface area (TPSA) is 37.8 Å². The fraction of sp³-hybridized carbons (Fsp3) is 0.600. The van der Waals surface area contributed by atoms with Gasteiger partial charge in [0.25, 0.3) is 0 Å². The molecule has 2 heterocycles. The number of anilines is 1. The van der Waals surface area contributed by atoms with Gasteiger partial charge >= 0.3 is 0 Å². The minimum Gasteiger partial charge on any atom is -0.368 e. The van der Waals surface area contributed by atoms with Gasteiger partial charge in [-0.15, -0.1) is 22.9 Å². The predicted octanol–water partition coefficient (Wildman–Crippen LogP) is 4.71. The SMILES string of the molecule is CCc1cc2c(NCC(Cl)CC(C)(C)C)ncnc2s1. The number of nitrogens with one attached hydrogen (secondary N) is 1. The van der Waals surface area contributed by atoms with Crippen molar-refractivity contribution in [1.29, 1.82) is 0 Å². The molecule has 3 nitrogen and oxygen atoms in total. The lowest BCUT2D eigenvalue weighted by Gasteiger charge is -2.22. The van der Waals surface area contributed by atoms with Crippen LogP contribution in [0.3, 0.4) is 0 Å². The predicted molar refractivity (Wildman–Crippen MR) is 89.0 cm³/mol. The number of aryl methyl sites for hydroxylation is 1. The van der Waals surface area contributed by atoms with E-state index in [-0.39, 0.29) is 10.8 Å². The van der Waals surface area contributed by atoms with Crippen molar-refractivity contribution in [1.82, 2.24) is 9.97 Å². The van der Waals surface area contributed by atoms with E-state index >= 15 is 0 Å². The maximum absolute atomic E-state index is 6.40.